The molecule has 0 aliphatic carbocycles. The van der Waals surface area contributed by atoms with E-state index in [1.54, 1.807) is 6.08 Å². The maximum absolute atomic E-state index is 12.9. The zero-order valence-electron chi connectivity index (χ0n) is 20.1. The Hall–Kier alpha value is -2.48. The molecule has 0 saturated carbocycles. The maximum atomic E-state index is 12.9. The van der Waals surface area contributed by atoms with Crippen molar-refractivity contribution in [3.05, 3.63) is 76.7 Å². The molecular formula is C27H35N3O3S. The van der Waals surface area contributed by atoms with Crippen molar-refractivity contribution in [1.82, 2.24) is 14.5 Å². The summed E-state index contributed by atoms with van der Waals surface area (Å²) in [7, 11) is -3.49. The van der Waals surface area contributed by atoms with E-state index in [4.69, 9.17) is 0 Å². The Morgan fingerprint density at radius 3 is 2.35 bits per heavy atom. The largest absolute Gasteiger partial charge is 0.354 e. The molecule has 0 spiro atoms. The number of sulfonamides is 1. The Morgan fingerprint density at radius 2 is 1.65 bits per heavy atom. The topological polar surface area (TPSA) is 69.7 Å². The zero-order valence-corrected chi connectivity index (χ0v) is 20.9. The first-order valence-corrected chi connectivity index (χ1v) is 13.6. The summed E-state index contributed by atoms with van der Waals surface area (Å²) in [6, 6.07) is 18.0. The minimum absolute atomic E-state index is 0.0300. The van der Waals surface area contributed by atoms with Crippen molar-refractivity contribution in [3.63, 3.8) is 0 Å². The second-order valence-electron chi connectivity index (χ2n) is 9.90. The highest BCUT2D eigenvalue weighted by atomic mass is 32.2. The highest BCUT2D eigenvalue weighted by Gasteiger charge is 2.33. The number of nitrogens with zero attached hydrogens (tertiary/aromatic N) is 2. The second-order valence-corrected chi connectivity index (χ2v) is 11.7. The number of benzene rings is 2. The van der Waals surface area contributed by atoms with Crippen molar-refractivity contribution < 1.29 is 13.2 Å². The fraction of sp³-hybridized carbons (Fsp3) is 0.444. The summed E-state index contributed by atoms with van der Waals surface area (Å²) in [5.41, 5.74) is 3.47. The van der Waals surface area contributed by atoms with E-state index < -0.39 is 10.0 Å². The van der Waals surface area contributed by atoms with Crippen LogP contribution >= 0.6 is 0 Å². The van der Waals surface area contributed by atoms with E-state index in [0.29, 0.717) is 32.5 Å². The van der Waals surface area contributed by atoms with Crippen LogP contribution in [0, 0.1) is 5.92 Å². The molecule has 0 radical (unpaired) electrons. The first-order chi connectivity index (χ1) is 16.2. The quantitative estimate of drug-likeness (QED) is 0.655. The normalized spacial score (nSPS) is 18.6. The monoisotopic (exact) mass is 481 g/mol. The van der Waals surface area contributed by atoms with E-state index in [-0.39, 0.29) is 17.4 Å². The van der Waals surface area contributed by atoms with Gasteiger partial charge in [-0.1, -0.05) is 54.6 Å². The van der Waals surface area contributed by atoms with Crippen molar-refractivity contribution in [2.45, 2.75) is 45.2 Å². The van der Waals surface area contributed by atoms with Gasteiger partial charge in [0.25, 0.3) is 0 Å². The number of carbonyl (C=O) groups excluding carboxylic acids is 1. The summed E-state index contributed by atoms with van der Waals surface area (Å²) in [5, 5.41) is 4.42. The molecule has 7 heteroatoms. The SMILES string of the molecule is CC(C)(CNC(=O)C1CCN(S(=O)(=O)C=Cc2ccccc2)CC1)N1CCc2ccccc2C1. The molecule has 1 saturated heterocycles. The van der Waals surface area contributed by atoms with Crippen molar-refractivity contribution >= 4 is 22.0 Å². The van der Waals surface area contributed by atoms with Gasteiger partial charge in [0.1, 0.15) is 0 Å². The Bertz CT molecular complexity index is 1120. The van der Waals surface area contributed by atoms with Gasteiger partial charge < -0.3 is 5.32 Å². The smallest absolute Gasteiger partial charge is 0.236 e. The number of carbonyl (C=O) groups is 1. The van der Waals surface area contributed by atoms with E-state index in [1.807, 2.05) is 30.3 Å². The number of nitrogens with one attached hydrogen (secondary N) is 1. The van der Waals surface area contributed by atoms with E-state index >= 15 is 0 Å². The van der Waals surface area contributed by atoms with Gasteiger partial charge in [0.15, 0.2) is 0 Å². The fourth-order valence-electron chi connectivity index (χ4n) is 4.76. The molecule has 34 heavy (non-hydrogen) atoms. The van der Waals surface area contributed by atoms with Gasteiger partial charge in [-0.2, -0.15) is 4.31 Å². The highest BCUT2D eigenvalue weighted by molar-refractivity contribution is 7.92. The van der Waals surface area contributed by atoms with Crippen LogP contribution in [0.15, 0.2) is 60.0 Å². The summed E-state index contributed by atoms with van der Waals surface area (Å²) >= 11 is 0. The van der Waals surface area contributed by atoms with Crippen LogP contribution in [0.4, 0.5) is 0 Å². The van der Waals surface area contributed by atoms with Gasteiger partial charge in [-0.25, -0.2) is 8.42 Å². The molecular weight excluding hydrogens is 446 g/mol. The summed E-state index contributed by atoms with van der Waals surface area (Å²) in [5.74, 6) is -0.121. The van der Waals surface area contributed by atoms with Crippen molar-refractivity contribution in [1.29, 1.82) is 0 Å². The van der Waals surface area contributed by atoms with Crippen LogP contribution < -0.4 is 5.32 Å². The standard InChI is InChI=1S/C27H35N3O3S/c1-27(2,29-16-12-23-10-6-7-11-25(23)20-29)21-28-26(31)24-13-17-30(18-14-24)34(32,33)19-15-22-8-4-3-5-9-22/h3-11,15,19,24H,12-14,16-18,20-21H2,1-2H3,(H,28,31). The predicted molar refractivity (Wildman–Crippen MR) is 136 cm³/mol. The van der Waals surface area contributed by atoms with Gasteiger partial charge in [0, 0.05) is 49.6 Å². The summed E-state index contributed by atoms with van der Waals surface area (Å²) < 4.78 is 26.9. The lowest BCUT2D eigenvalue weighted by Crippen LogP contribution is -2.54. The molecule has 182 valence electrons. The van der Waals surface area contributed by atoms with Gasteiger partial charge >= 0.3 is 0 Å². The zero-order chi connectivity index (χ0) is 24.2. The molecule has 2 heterocycles. The van der Waals surface area contributed by atoms with Gasteiger partial charge in [0.05, 0.1) is 0 Å². The summed E-state index contributed by atoms with van der Waals surface area (Å²) in [6.07, 6.45) is 3.73. The molecule has 6 nitrogen and oxygen atoms in total. The Kier molecular flexibility index (Phi) is 7.55. The van der Waals surface area contributed by atoms with Crippen molar-refractivity contribution in [3.8, 4) is 0 Å². The van der Waals surface area contributed by atoms with Crippen molar-refractivity contribution in [2.24, 2.45) is 5.92 Å². The van der Waals surface area contributed by atoms with E-state index in [2.05, 4.69) is 48.3 Å². The molecule has 2 aliphatic rings. The average Bonchev–Trinajstić information content (AvgIpc) is 2.86. The van der Waals surface area contributed by atoms with Crippen LogP contribution in [0.1, 0.15) is 43.4 Å². The number of piperidine rings is 1. The Morgan fingerprint density at radius 1 is 1.00 bits per heavy atom. The Balaban J connectivity index is 1.26. The minimum atomic E-state index is -3.49. The third kappa shape index (κ3) is 5.95. The molecule has 2 aliphatic heterocycles. The third-order valence-electron chi connectivity index (χ3n) is 7.10. The molecule has 0 atom stereocenters. The molecule has 0 unspecified atom stereocenters. The predicted octanol–water partition coefficient (Wildman–Crippen LogP) is 3.65. The number of hydrogen-bond donors (Lipinski definition) is 1. The van der Waals surface area contributed by atoms with Gasteiger partial charge in [-0.3, -0.25) is 9.69 Å². The molecule has 2 aromatic carbocycles. The van der Waals surface area contributed by atoms with E-state index in [0.717, 1.165) is 25.1 Å². The molecule has 1 N–H and O–H groups in total. The third-order valence-corrected chi connectivity index (χ3v) is 8.66. The van der Waals surface area contributed by atoms with Crippen molar-refractivity contribution in [2.75, 3.05) is 26.2 Å². The van der Waals surface area contributed by atoms with Gasteiger partial charge in [0.2, 0.25) is 15.9 Å². The van der Waals surface area contributed by atoms with Gasteiger partial charge in [-0.15, -0.1) is 0 Å². The first-order valence-electron chi connectivity index (χ1n) is 12.1. The van der Waals surface area contributed by atoms with Crippen LogP contribution in [0.25, 0.3) is 6.08 Å². The molecule has 2 aromatic rings. The summed E-state index contributed by atoms with van der Waals surface area (Å²) in [4.78, 5) is 15.3. The lowest BCUT2D eigenvalue weighted by Gasteiger charge is -2.42. The minimum Gasteiger partial charge on any atom is -0.354 e. The first kappa shape index (κ1) is 24.6. The maximum Gasteiger partial charge on any atom is 0.236 e. The van der Waals surface area contributed by atoms with Gasteiger partial charge in [-0.05, 0) is 55.9 Å². The molecule has 0 bridgehead atoms. The molecule has 4 rings (SSSR count). The summed E-state index contributed by atoms with van der Waals surface area (Å²) in [6.45, 7) is 7.54. The molecule has 1 amide bonds. The Labute approximate surface area is 203 Å². The van der Waals surface area contributed by atoms with Crippen LogP contribution in [-0.4, -0.2) is 55.2 Å². The van der Waals surface area contributed by atoms with E-state index in [1.165, 1.54) is 20.8 Å². The fourth-order valence-corrected chi connectivity index (χ4v) is 5.98. The lowest BCUT2D eigenvalue weighted by atomic mass is 9.93. The van der Waals surface area contributed by atoms with Crippen LogP contribution in [-0.2, 0) is 27.8 Å². The average molecular weight is 482 g/mol. The second kappa shape index (κ2) is 10.4. The number of hydrogen-bond acceptors (Lipinski definition) is 4. The number of fused-ring (bicyclic) bond motifs is 1. The molecule has 0 aromatic heterocycles. The number of amides is 1. The highest BCUT2D eigenvalue weighted by Crippen LogP contribution is 2.26. The number of rotatable bonds is 7. The van der Waals surface area contributed by atoms with Crippen LogP contribution in [0.5, 0.6) is 0 Å². The van der Waals surface area contributed by atoms with Crippen LogP contribution in [0.2, 0.25) is 0 Å². The van der Waals surface area contributed by atoms with Crippen LogP contribution in [0.3, 0.4) is 0 Å². The lowest BCUT2D eigenvalue weighted by molar-refractivity contribution is -0.126. The molecule has 1 fully saturated rings. The van der Waals surface area contributed by atoms with E-state index in [9.17, 15) is 13.2 Å².